The van der Waals surface area contributed by atoms with Crippen molar-refractivity contribution in [1.29, 1.82) is 0 Å². The lowest BCUT2D eigenvalue weighted by atomic mass is 9.99. The van der Waals surface area contributed by atoms with E-state index in [0.717, 1.165) is 29.9 Å². The highest BCUT2D eigenvalue weighted by Gasteiger charge is 2.27. The smallest absolute Gasteiger partial charge is 0.272 e. The normalized spacial score (nSPS) is 22.7. The lowest BCUT2D eigenvalue weighted by Gasteiger charge is -2.34. The van der Waals surface area contributed by atoms with Crippen LogP contribution in [0.3, 0.4) is 0 Å². The van der Waals surface area contributed by atoms with E-state index >= 15 is 0 Å². The van der Waals surface area contributed by atoms with Crippen LogP contribution in [0.1, 0.15) is 84.3 Å². The zero-order chi connectivity index (χ0) is 22.0. The van der Waals surface area contributed by atoms with E-state index in [4.69, 9.17) is 9.47 Å². The summed E-state index contributed by atoms with van der Waals surface area (Å²) in [6, 6.07) is 5.07. The van der Waals surface area contributed by atoms with Gasteiger partial charge >= 0.3 is 0 Å². The summed E-state index contributed by atoms with van der Waals surface area (Å²) in [6.45, 7) is 14.8. The van der Waals surface area contributed by atoms with Gasteiger partial charge in [0.1, 0.15) is 0 Å². The summed E-state index contributed by atoms with van der Waals surface area (Å²) in [5, 5.41) is 10.4. The number of benzene rings is 1. The first kappa shape index (κ1) is 25.6. The molecule has 166 valence electrons. The molecule has 5 nitrogen and oxygen atoms in total. The fourth-order valence-corrected chi connectivity index (χ4v) is 3.78. The molecule has 0 saturated carbocycles. The highest BCUT2D eigenvalue weighted by molar-refractivity contribution is 5.43. The molecule has 0 aromatic heterocycles. The molecule has 3 unspecified atom stereocenters. The van der Waals surface area contributed by atoms with Gasteiger partial charge in [0.2, 0.25) is 0 Å². The first-order valence-electron chi connectivity index (χ1n) is 11.1. The van der Waals surface area contributed by atoms with Gasteiger partial charge in [-0.3, -0.25) is 10.1 Å². The van der Waals surface area contributed by atoms with Crippen LogP contribution >= 0.6 is 0 Å². The molecule has 0 bridgehead atoms. The summed E-state index contributed by atoms with van der Waals surface area (Å²) in [5.41, 5.74) is 1.90. The lowest BCUT2D eigenvalue weighted by Crippen LogP contribution is -2.36. The summed E-state index contributed by atoms with van der Waals surface area (Å²) in [7, 11) is 0. The third-order valence-corrected chi connectivity index (χ3v) is 5.49. The fourth-order valence-electron chi connectivity index (χ4n) is 3.78. The second kappa shape index (κ2) is 13.0. The summed E-state index contributed by atoms with van der Waals surface area (Å²) in [5.74, 6) is 0.778. The van der Waals surface area contributed by atoms with Gasteiger partial charge < -0.3 is 9.47 Å². The molecule has 1 aromatic carbocycles. The van der Waals surface area contributed by atoms with E-state index in [1.54, 1.807) is 13.0 Å². The Balaban J connectivity index is 0.000000326. The van der Waals surface area contributed by atoms with E-state index in [1.165, 1.54) is 31.7 Å². The van der Waals surface area contributed by atoms with Crippen molar-refractivity contribution in [3.63, 3.8) is 0 Å². The van der Waals surface area contributed by atoms with Crippen LogP contribution in [0.15, 0.2) is 18.2 Å². The highest BCUT2D eigenvalue weighted by atomic mass is 16.6. The van der Waals surface area contributed by atoms with Crippen LogP contribution in [0.4, 0.5) is 5.69 Å². The summed E-state index contributed by atoms with van der Waals surface area (Å²) in [4.78, 5) is 10.0. The predicted molar refractivity (Wildman–Crippen MR) is 119 cm³/mol. The van der Waals surface area contributed by atoms with Gasteiger partial charge in [-0.05, 0) is 71.3 Å². The predicted octanol–water partition coefficient (Wildman–Crippen LogP) is 6.78. The van der Waals surface area contributed by atoms with Crippen LogP contribution < -0.4 is 0 Å². The van der Waals surface area contributed by atoms with Gasteiger partial charge in [-0.2, -0.15) is 0 Å². The molecule has 1 aromatic rings. The van der Waals surface area contributed by atoms with Crippen LogP contribution in [-0.4, -0.2) is 29.3 Å². The van der Waals surface area contributed by atoms with E-state index in [9.17, 15) is 10.1 Å². The molecule has 0 radical (unpaired) electrons. The van der Waals surface area contributed by atoms with Crippen molar-refractivity contribution < 1.29 is 14.4 Å². The zero-order valence-electron chi connectivity index (χ0n) is 19.4. The van der Waals surface area contributed by atoms with Gasteiger partial charge in [0, 0.05) is 11.6 Å². The van der Waals surface area contributed by atoms with E-state index in [1.807, 2.05) is 13.0 Å². The van der Waals surface area contributed by atoms with Gasteiger partial charge in [0.05, 0.1) is 29.3 Å². The zero-order valence-corrected chi connectivity index (χ0v) is 19.4. The Morgan fingerprint density at radius 1 is 1.14 bits per heavy atom. The molecule has 1 aliphatic heterocycles. The first-order valence-corrected chi connectivity index (χ1v) is 11.1. The van der Waals surface area contributed by atoms with Crippen LogP contribution in [0.5, 0.6) is 0 Å². The summed E-state index contributed by atoms with van der Waals surface area (Å²) >= 11 is 0. The number of hydrogen-bond donors (Lipinski definition) is 0. The standard InChI is InChI=1S/C16H32O2.C8H9NO2/c1-6-7-15(9-8-12(2)3)18-16-10-13(4)17-14(5)11-16;1-6-4-3-5-8(7(6)2)9(10)11/h12-16H,6-11H2,1-5H3;3-5H,1-2H3. The quantitative estimate of drug-likeness (QED) is 0.352. The summed E-state index contributed by atoms with van der Waals surface area (Å²) in [6.07, 6.45) is 8.61. The van der Waals surface area contributed by atoms with E-state index in [2.05, 4.69) is 34.6 Å². The molecule has 3 atom stereocenters. The number of nitro benzene ring substituents is 1. The minimum Gasteiger partial charge on any atom is -0.375 e. The molecule has 5 heteroatoms. The van der Waals surface area contributed by atoms with E-state index < -0.39 is 0 Å². The SMILES string of the molecule is CCCC(CCC(C)C)OC1CC(C)OC(C)C1.Cc1cccc([N+](=O)[O-])c1C. The van der Waals surface area contributed by atoms with Gasteiger partial charge in [-0.1, -0.05) is 39.3 Å². The van der Waals surface area contributed by atoms with Gasteiger partial charge in [-0.15, -0.1) is 0 Å². The van der Waals surface area contributed by atoms with Crippen molar-refractivity contribution in [2.45, 2.75) is 111 Å². The molecule has 29 heavy (non-hydrogen) atoms. The molecule has 0 N–H and O–H groups in total. The molecule has 2 rings (SSSR count). The number of nitrogens with zero attached hydrogens (tertiary/aromatic N) is 1. The van der Waals surface area contributed by atoms with Gasteiger partial charge in [0.15, 0.2) is 0 Å². The topological polar surface area (TPSA) is 61.6 Å². The second-order valence-electron chi connectivity index (χ2n) is 8.84. The lowest BCUT2D eigenvalue weighted by molar-refractivity contribution is -0.385. The van der Waals surface area contributed by atoms with Crippen molar-refractivity contribution >= 4 is 5.69 Å². The Morgan fingerprint density at radius 2 is 1.76 bits per heavy atom. The molecule has 0 spiro atoms. The molecule has 1 saturated heterocycles. The maximum absolute atomic E-state index is 10.4. The van der Waals surface area contributed by atoms with Crippen molar-refractivity contribution in [1.82, 2.24) is 0 Å². The van der Waals surface area contributed by atoms with Gasteiger partial charge in [-0.25, -0.2) is 0 Å². The molecule has 0 amide bonds. The molecule has 1 fully saturated rings. The van der Waals surface area contributed by atoms with Crippen LogP contribution in [0.25, 0.3) is 0 Å². The first-order chi connectivity index (χ1) is 13.6. The molecule has 1 aliphatic rings. The minimum atomic E-state index is -0.359. The van der Waals surface area contributed by atoms with E-state index in [-0.39, 0.29) is 10.6 Å². The fraction of sp³-hybridized carbons (Fsp3) is 0.750. The number of nitro groups is 1. The van der Waals surface area contributed by atoms with Gasteiger partial charge in [0.25, 0.3) is 5.69 Å². The Hall–Kier alpha value is -1.46. The van der Waals surface area contributed by atoms with Crippen LogP contribution in [0.2, 0.25) is 0 Å². The number of rotatable bonds is 8. The van der Waals surface area contributed by atoms with Crippen molar-refractivity contribution in [3.8, 4) is 0 Å². The minimum absolute atomic E-state index is 0.199. The average molecular weight is 408 g/mol. The number of hydrogen-bond acceptors (Lipinski definition) is 4. The maximum Gasteiger partial charge on any atom is 0.272 e. The third kappa shape index (κ3) is 9.72. The number of aryl methyl sites for hydroxylation is 1. The van der Waals surface area contributed by atoms with Crippen molar-refractivity contribution in [2.75, 3.05) is 0 Å². The Morgan fingerprint density at radius 3 is 2.24 bits per heavy atom. The highest BCUT2D eigenvalue weighted by Crippen LogP contribution is 2.25. The summed E-state index contributed by atoms with van der Waals surface area (Å²) < 4.78 is 12.1. The third-order valence-electron chi connectivity index (χ3n) is 5.49. The monoisotopic (exact) mass is 407 g/mol. The Kier molecular flexibility index (Phi) is 11.4. The van der Waals surface area contributed by atoms with Crippen LogP contribution in [-0.2, 0) is 9.47 Å². The maximum atomic E-state index is 10.4. The van der Waals surface area contributed by atoms with E-state index in [0.29, 0.717) is 24.4 Å². The molecule has 1 heterocycles. The van der Waals surface area contributed by atoms with Crippen LogP contribution in [0, 0.1) is 29.9 Å². The second-order valence-corrected chi connectivity index (χ2v) is 8.84. The van der Waals surface area contributed by atoms with Crippen molar-refractivity contribution in [2.24, 2.45) is 5.92 Å². The molecular formula is C24H41NO4. The number of ether oxygens (including phenoxy) is 2. The Bertz CT molecular complexity index is 607. The van der Waals surface area contributed by atoms with Crippen molar-refractivity contribution in [3.05, 3.63) is 39.4 Å². The largest absolute Gasteiger partial charge is 0.375 e. The Labute approximate surface area is 177 Å². The molecule has 0 aliphatic carbocycles. The average Bonchev–Trinajstić information content (AvgIpc) is 2.61. The molecular weight excluding hydrogens is 366 g/mol.